The van der Waals surface area contributed by atoms with Gasteiger partial charge in [0.1, 0.15) is 0 Å². The van der Waals surface area contributed by atoms with Gasteiger partial charge in [0, 0.05) is 11.3 Å². The lowest BCUT2D eigenvalue weighted by Crippen LogP contribution is -1.87. The number of hydrogen-bond acceptors (Lipinski definition) is 0. The molecule has 0 bridgehead atoms. The highest BCUT2D eigenvalue weighted by molar-refractivity contribution is 9.25. The highest BCUT2D eigenvalue weighted by atomic mass is 79.9. The third kappa shape index (κ3) is 0.964. The molecule has 1 aromatic rings. The van der Waals surface area contributed by atoms with Crippen molar-refractivity contribution in [1.29, 1.82) is 0 Å². The van der Waals surface area contributed by atoms with Crippen LogP contribution < -0.4 is 0 Å². The van der Waals surface area contributed by atoms with Crippen LogP contribution in [-0.4, -0.2) is 3.23 Å². The average molecular weight is 302 g/mol. The van der Waals surface area contributed by atoms with Crippen LogP contribution in [0.5, 0.6) is 0 Å². The predicted octanol–water partition coefficient (Wildman–Crippen LogP) is 4.05. The number of hydrogen-bond donors (Lipinski definition) is 0. The number of alkyl halides is 2. The van der Waals surface area contributed by atoms with Crippen LogP contribution in [0.4, 0.5) is 0 Å². The quantitative estimate of drug-likeness (QED) is 0.687. The Hall–Kier alpha value is 0.180. The Labute approximate surface area is 95.0 Å². The van der Waals surface area contributed by atoms with Crippen molar-refractivity contribution in [1.82, 2.24) is 0 Å². The van der Waals surface area contributed by atoms with Gasteiger partial charge in [-0.25, -0.2) is 0 Å². The molecular weight excluding hydrogens is 292 g/mol. The summed E-state index contributed by atoms with van der Waals surface area (Å²) < 4.78 is 0.203. The van der Waals surface area contributed by atoms with Crippen molar-refractivity contribution in [2.24, 2.45) is 5.41 Å². The molecule has 0 aromatic heterocycles. The summed E-state index contributed by atoms with van der Waals surface area (Å²) in [4.78, 5) is 0. The van der Waals surface area contributed by atoms with E-state index in [0.717, 1.165) is 0 Å². The summed E-state index contributed by atoms with van der Waals surface area (Å²) in [6.07, 6.45) is 2.73. The molecule has 13 heavy (non-hydrogen) atoms. The Bertz CT molecular complexity index is 334. The topological polar surface area (TPSA) is 0 Å². The van der Waals surface area contributed by atoms with Crippen LogP contribution in [-0.2, 0) is 0 Å². The third-order valence-corrected chi connectivity index (χ3v) is 5.91. The van der Waals surface area contributed by atoms with Crippen LogP contribution in [0.3, 0.4) is 0 Å². The van der Waals surface area contributed by atoms with Gasteiger partial charge in [0.05, 0.1) is 3.23 Å². The van der Waals surface area contributed by atoms with Crippen LogP contribution in [0.25, 0.3) is 0 Å². The van der Waals surface area contributed by atoms with Gasteiger partial charge in [-0.3, -0.25) is 0 Å². The van der Waals surface area contributed by atoms with Crippen molar-refractivity contribution in [2.45, 2.75) is 22.0 Å². The molecule has 2 saturated carbocycles. The first-order valence-electron chi connectivity index (χ1n) is 4.61. The van der Waals surface area contributed by atoms with E-state index in [2.05, 4.69) is 62.2 Å². The molecule has 1 aromatic carbocycles. The molecule has 0 N–H and O–H groups in total. The van der Waals surface area contributed by atoms with Crippen LogP contribution >= 0.6 is 31.9 Å². The fraction of sp³-hybridized carbons (Fsp3) is 0.455. The zero-order chi connectivity index (χ0) is 9.10. The number of halogens is 2. The van der Waals surface area contributed by atoms with E-state index in [9.17, 15) is 0 Å². The molecule has 2 heteroatoms. The number of rotatable bonds is 1. The molecule has 1 atom stereocenters. The Morgan fingerprint density at radius 2 is 1.69 bits per heavy atom. The summed E-state index contributed by atoms with van der Waals surface area (Å²) in [5, 5.41) is 0. The summed E-state index contributed by atoms with van der Waals surface area (Å²) in [6.45, 7) is 0. The lowest BCUT2D eigenvalue weighted by atomic mass is 10.1. The third-order valence-electron chi connectivity index (χ3n) is 3.42. The van der Waals surface area contributed by atoms with Gasteiger partial charge in [-0.1, -0.05) is 62.2 Å². The zero-order valence-electron chi connectivity index (χ0n) is 7.13. The summed E-state index contributed by atoms with van der Waals surface area (Å²) >= 11 is 7.58. The molecule has 0 nitrogen and oxygen atoms in total. The van der Waals surface area contributed by atoms with Crippen molar-refractivity contribution < 1.29 is 0 Å². The summed E-state index contributed by atoms with van der Waals surface area (Å²) in [6, 6.07) is 10.8. The van der Waals surface area contributed by atoms with Crippen molar-refractivity contribution in [3.63, 3.8) is 0 Å². The molecule has 0 amide bonds. The first-order chi connectivity index (χ1) is 6.18. The van der Waals surface area contributed by atoms with Crippen LogP contribution in [0, 0.1) is 5.41 Å². The van der Waals surface area contributed by atoms with Gasteiger partial charge in [0.15, 0.2) is 0 Å². The van der Waals surface area contributed by atoms with Crippen molar-refractivity contribution >= 4 is 31.9 Å². The van der Waals surface area contributed by atoms with E-state index in [-0.39, 0.29) is 3.23 Å². The van der Waals surface area contributed by atoms with Crippen molar-refractivity contribution in [2.75, 3.05) is 0 Å². The minimum atomic E-state index is 0.203. The van der Waals surface area contributed by atoms with Gasteiger partial charge in [-0.05, 0) is 18.4 Å². The Kier molecular flexibility index (Phi) is 1.57. The van der Waals surface area contributed by atoms with E-state index >= 15 is 0 Å². The van der Waals surface area contributed by atoms with E-state index in [1.54, 1.807) is 0 Å². The van der Waals surface area contributed by atoms with Crippen LogP contribution in [0.1, 0.15) is 24.3 Å². The van der Waals surface area contributed by atoms with Gasteiger partial charge < -0.3 is 0 Å². The first-order valence-corrected chi connectivity index (χ1v) is 6.20. The van der Waals surface area contributed by atoms with Gasteiger partial charge in [-0.2, -0.15) is 0 Å². The van der Waals surface area contributed by atoms with E-state index in [4.69, 9.17) is 0 Å². The maximum Gasteiger partial charge on any atom is 0.0942 e. The lowest BCUT2D eigenvalue weighted by Gasteiger charge is -1.98. The monoisotopic (exact) mass is 300 g/mol. The Morgan fingerprint density at radius 1 is 1.08 bits per heavy atom. The van der Waals surface area contributed by atoms with E-state index in [0.29, 0.717) is 11.3 Å². The van der Waals surface area contributed by atoms with Gasteiger partial charge in [0.25, 0.3) is 0 Å². The molecule has 0 saturated heterocycles. The molecule has 0 radical (unpaired) electrons. The molecule has 1 spiro atoms. The SMILES string of the molecule is BrC1(Br)C(c2ccccc2)C12CC2. The zero-order valence-corrected chi connectivity index (χ0v) is 10.3. The maximum absolute atomic E-state index is 3.79. The summed E-state index contributed by atoms with van der Waals surface area (Å²) in [7, 11) is 0. The van der Waals surface area contributed by atoms with Crippen molar-refractivity contribution in [3.05, 3.63) is 35.9 Å². The predicted molar refractivity (Wildman–Crippen MR) is 61.4 cm³/mol. The summed E-state index contributed by atoms with van der Waals surface area (Å²) in [5.41, 5.74) is 2.02. The highest BCUT2D eigenvalue weighted by Crippen LogP contribution is 2.87. The minimum absolute atomic E-state index is 0.203. The van der Waals surface area contributed by atoms with E-state index in [1.807, 2.05) is 0 Å². The molecular formula is C11H10Br2. The van der Waals surface area contributed by atoms with Crippen LogP contribution in [0.15, 0.2) is 30.3 Å². The largest absolute Gasteiger partial charge is 0.0942 e. The van der Waals surface area contributed by atoms with Gasteiger partial charge in [-0.15, -0.1) is 0 Å². The van der Waals surface area contributed by atoms with Gasteiger partial charge >= 0.3 is 0 Å². The van der Waals surface area contributed by atoms with Gasteiger partial charge in [0.2, 0.25) is 0 Å². The second-order valence-corrected chi connectivity index (χ2v) is 7.69. The Morgan fingerprint density at radius 3 is 2.15 bits per heavy atom. The molecule has 3 rings (SSSR count). The smallest absolute Gasteiger partial charge is 0.0714 e. The van der Waals surface area contributed by atoms with E-state index < -0.39 is 0 Å². The minimum Gasteiger partial charge on any atom is -0.0714 e. The highest BCUT2D eigenvalue weighted by Gasteiger charge is 2.80. The standard InChI is InChI=1S/C11H10Br2/c12-11(13)9(10(11)6-7-10)8-4-2-1-3-5-8/h1-5,9H,6-7H2. The fourth-order valence-corrected chi connectivity index (χ4v) is 4.87. The lowest BCUT2D eigenvalue weighted by molar-refractivity contribution is 0.839. The molecule has 2 aliphatic rings. The first kappa shape index (κ1) is 8.49. The fourth-order valence-electron chi connectivity index (χ4n) is 2.44. The second-order valence-electron chi connectivity index (χ2n) is 4.12. The Balaban J connectivity index is 1.98. The van der Waals surface area contributed by atoms with Crippen LogP contribution in [0.2, 0.25) is 0 Å². The molecule has 68 valence electrons. The number of benzene rings is 1. The van der Waals surface area contributed by atoms with E-state index in [1.165, 1.54) is 18.4 Å². The normalized spacial score (nSPS) is 31.7. The molecule has 0 aliphatic heterocycles. The molecule has 2 fully saturated rings. The molecule has 1 unspecified atom stereocenters. The molecule has 2 aliphatic carbocycles. The average Bonchev–Trinajstić information content (AvgIpc) is 2.95. The molecule has 0 heterocycles. The second kappa shape index (κ2) is 2.40. The summed E-state index contributed by atoms with van der Waals surface area (Å²) in [5.74, 6) is 0.682. The maximum atomic E-state index is 3.79. The van der Waals surface area contributed by atoms with Crippen molar-refractivity contribution in [3.8, 4) is 0 Å².